The van der Waals surface area contributed by atoms with Crippen molar-refractivity contribution in [2.24, 2.45) is 5.92 Å². The van der Waals surface area contributed by atoms with Crippen molar-refractivity contribution in [3.8, 4) is 0 Å². The van der Waals surface area contributed by atoms with Crippen LogP contribution in [0.5, 0.6) is 0 Å². The zero-order valence-corrected chi connectivity index (χ0v) is 14.0. The molecule has 1 aliphatic rings. The van der Waals surface area contributed by atoms with Gasteiger partial charge < -0.3 is 5.32 Å². The molecule has 0 saturated heterocycles. The Morgan fingerprint density at radius 2 is 2.23 bits per heavy atom. The summed E-state index contributed by atoms with van der Waals surface area (Å²) in [7, 11) is 0. The van der Waals surface area contributed by atoms with Gasteiger partial charge in [-0.3, -0.25) is 4.79 Å². The first-order chi connectivity index (χ1) is 10.8. The monoisotopic (exact) mass is 329 g/mol. The molecular formula is C18H19NOS2. The zero-order valence-electron chi connectivity index (χ0n) is 12.3. The van der Waals surface area contributed by atoms with Gasteiger partial charge in [-0.1, -0.05) is 24.3 Å². The molecule has 0 bridgehead atoms. The maximum Gasteiger partial charge on any atom is 0.224 e. The summed E-state index contributed by atoms with van der Waals surface area (Å²) < 4.78 is 0. The van der Waals surface area contributed by atoms with E-state index in [9.17, 15) is 4.79 Å². The molecule has 4 heteroatoms. The molecule has 1 aromatic carbocycles. The number of allylic oxidation sites excluding steroid dienone is 2. The van der Waals surface area contributed by atoms with Crippen LogP contribution in [0.25, 0.3) is 0 Å². The summed E-state index contributed by atoms with van der Waals surface area (Å²) in [5.41, 5.74) is 2.25. The molecule has 22 heavy (non-hydrogen) atoms. The van der Waals surface area contributed by atoms with Crippen molar-refractivity contribution in [1.82, 2.24) is 0 Å². The van der Waals surface area contributed by atoms with Gasteiger partial charge in [0.05, 0.1) is 5.69 Å². The lowest BCUT2D eigenvalue weighted by Gasteiger charge is -2.12. The summed E-state index contributed by atoms with van der Waals surface area (Å²) in [6, 6.07) is 10.2. The van der Waals surface area contributed by atoms with Gasteiger partial charge in [0.15, 0.2) is 0 Å². The van der Waals surface area contributed by atoms with Crippen molar-refractivity contribution in [3.05, 3.63) is 58.8 Å². The molecule has 2 aromatic rings. The molecular weight excluding hydrogens is 310 g/mol. The van der Waals surface area contributed by atoms with Crippen LogP contribution in [0, 0.1) is 5.92 Å². The van der Waals surface area contributed by atoms with Gasteiger partial charge in [0.25, 0.3) is 0 Å². The number of para-hydroxylation sites is 1. The quantitative estimate of drug-likeness (QED) is 0.573. The molecule has 0 spiro atoms. The number of rotatable bonds is 6. The summed E-state index contributed by atoms with van der Waals surface area (Å²) in [4.78, 5) is 13.3. The van der Waals surface area contributed by atoms with Gasteiger partial charge in [0, 0.05) is 17.1 Å². The highest BCUT2D eigenvalue weighted by Gasteiger charge is 2.15. The fraction of sp³-hybridized carbons (Fsp3) is 0.278. The summed E-state index contributed by atoms with van der Waals surface area (Å²) in [6.45, 7) is 0. The van der Waals surface area contributed by atoms with E-state index in [0.29, 0.717) is 12.3 Å². The minimum atomic E-state index is 0.111. The average molecular weight is 329 g/mol. The first kappa shape index (κ1) is 15.4. The third kappa shape index (κ3) is 4.24. The Hall–Kier alpha value is -1.52. The third-order valence-corrected chi connectivity index (χ3v) is 5.57. The standard InChI is InChI=1S/C18H19NOS2/c20-18(11-14-5-1-2-6-14)19-16-7-3-4-8-17(16)22-13-15-9-10-21-12-15/h1,3-5,7-10,12,14H,2,6,11,13H2,(H,19,20)/t14-/m1/s1. The van der Waals surface area contributed by atoms with Crippen LogP contribution in [0.4, 0.5) is 5.69 Å². The highest BCUT2D eigenvalue weighted by molar-refractivity contribution is 7.98. The van der Waals surface area contributed by atoms with Gasteiger partial charge in [-0.15, -0.1) is 11.8 Å². The van der Waals surface area contributed by atoms with Crippen LogP contribution in [-0.2, 0) is 10.5 Å². The zero-order chi connectivity index (χ0) is 15.2. The minimum Gasteiger partial charge on any atom is -0.325 e. The predicted molar refractivity (Wildman–Crippen MR) is 95.4 cm³/mol. The van der Waals surface area contributed by atoms with Crippen LogP contribution in [0.2, 0.25) is 0 Å². The molecule has 0 fully saturated rings. The highest BCUT2D eigenvalue weighted by Crippen LogP contribution is 2.31. The number of carbonyl (C=O) groups is 1. The number of nitrogens with one attached hydrogen (secondary N) is 1. The van der Waals surface area contributed by atoms with Crippen molar-refractivity contribution < 1.29 is 4.79 Å². The number of thiophene rings is 1. The van der Waals surface area contributed by atoms with E-state index in [1.165, 1.54) is 5.56 Å². The first-order valence-corrected chi connectivity index (χ1v) is 9.43. The second-order valence-electron chi connectivity index (χ2n) is 5.43. The van der Waals surface area contributed by atoms with Crippen molar-refractivity contribution >= 4 is 34.7 Å². The maximum atomic E-state index is 12.2. The third-order valence-electron chi connectivity index (χ3n) is 3.70. The van der Waals surface area contributed by atoms with Gasteiger partial charge in [0.2, 0.25) is 5.91 Å². The van der Waals surface area contributed by atoms with Crippen LogP contribution < -0.4 is 5.32 Å². The van der Waals surface area contributed by atoms with E-state index >= 15 is 0 Å². The average Bonchev–Trinajstić information content (AvgIpc) is 3.19. The number of hydrogen-bond donors (Lipinski definition) is 1. The smallest absolute Gasteiger partial charge is 0.224 e. The second kappa shape index (κ2) is 7.65. The van der Waals surface area contributed by atoms with Crippen LogP contribution >= 0.6 is 23.1 Å². The number of anilines is 1. The predicted octanol–water partition coefficient (Wildman–Crippen LogP) is 5.34. The Morgan fingerprint density at radius 3 is 3.00 bits per heavy atom. The molecule has 1 amide bonds. The fourth-order valence-corrected chi connectivity index (χ4v) is 4.26. The van der Waals surface area contributed by atoms with Crippen LogP contribution in [0.1, 0.15) is 24.8 Å². The van der Waals surface area contributed by atoms with E-state index in [1.54, 1.807) is 23.1 Å². The summed E-state index contributed by atoms with van der Waals surface area (Å²) >= 11 is 3.49. The molecule has 114 valence electrons. The topological polar surface area (TPSA) is 29.1 Å². The Morgan fingerprint density at radius 1 is 1.32 bits per heavy atom. The van der Waals surface area contributed by atoms with Crippen molar-refractivity contribution in [2.75, 3.05) is 5.32 Å². The van der Waals surface area contributed by atoms with Crippen molar-refractivity contribution in [1.29, 1.82) is 0 Å². The summed E-state index contributed by atoms with van der Waals surface area (Å²) in [5.74, 6) is 1.45. The molecule has 0 saturated carbocycles. The molecule has 1 N–H and O–H groups in total. The SMILES string of the molecule is O=C(C[C@@H]1C=CCC1)Nc1ccccc1SCc1ccsc1. The van der Waals surface area contributed by atoms with E-state index in [4.69, 9.17) is 0 Å². The second-order valence-corrected chi connectivity index (χ2v) is 7.23. The Labute approximate surface area is 139 Å². The molecule has 0 aliphatic heterocycles. The van der Waals surface area contributed by atoms with E-state index in [-0.39, 0.29) is 5.91 Å². The molecule has 1 atom stereocenters. The first-order valence-electron chi connectivity index (χ1n) is 7.50. The summed E-state index contributed by atoms with van der Waals surface area (Å²) in [5, 5.41) is 7.34. The molecule has 0 radical (unpaired) electrons. The molecule has 3 rings (SSSR count). The van der Waals surface area contributed by atoms with Crippen LogP contribution in [0.15, 0.2) is 58.1 Å². The van der Waals surface area contributed by atoms with E-state index in [2.05, 4.69) is 40.4 Å². The normalized spacial score (nSPS) is 16.8. The maximum absolute atomic E-state index is 12.2. The molecule has 1 heterocycles. The van der Waals surface area contributed by atoms with Crippen molar-refractivity contribution in [2.45, 2.75) is 29.9 Å². The summed E-state index contributed by atoms with van der Waals surface area (Å²) in [6.07, 6.45) is 7.12. The minimum absolute atomic E-state index is 0.111. The Balaban J connectivity index is 1.60. The highest BCUT2D eigenvalue weighted by atomic mass is 32.2. The Bertz CT molecular complexity index is 649. The van der Waals surface area contributed by atoms with Crippen LogP contribution in [-0.4, -0.2) is 5.91 Å². The van der Waals surface area contributed by atoms with Crippen molar-refractivity contribution in [3.63, 3.8) is 0 Å². The lowest BCUT2D eigenvalue weighted by molar-refractivity contribution is -0.116. The largest absolute Gasteiger partial charge is 0.325 e. The number of benzene rings is 1. The fourth-order valence-electron chi connectivity index (χ4n) is 2.54. The lowest BCUT2D eigenvalue weighted by Crippen LogP contribution is -2.15. The lowest BCUT2D eigenvalue weighted by atomic mass is 10.1. The van der Waals surface area contributed by atoms with E-state index in [0.717, 1.165) is 29.2 Å². The molecule has 1 aromatic heterocycles. The Kier molecular flexibility index (Phi) is 5.35. The van der Waals surface area contributed by atoms with Crippen LogP contribution in [0.3, 0.4) is 0 Å². The number of amides is 1. The number of thioether (sulfide) groups is 1. The van der Waals surface area contributed by atoms with E-state index < -0.39 is 0 Å². The van der Waals surface area contributed by atoms with Gasteiger partial charge in [-0.2, -0.15) is 11.3 Å². The number of hydrogen-bond acceptors (Lipinski definition) is 3. The van der Waals surface area contributed by atoms with Gasteiger partial charge in [0.1, 0.15) is 0 Å². The van der Waals surface area contributed by atoms with E-state index in [1.807, 2.05) is 18.2 Å². The molecule has 1 aliphatic carbocycles. The molecule has 0 unspecified atom stereocenters. The molecule has 2 nitrogen and oxygen atoms in total. The number of carbonyl (C=O) groups excluding carboxylic acids is 1. The van der Waals surface area contributed by atoms with Gasteiger partial charge in [-0.05, 0) is 53.3 Å². The van der Waals surface area contributed by atoms with Gasteiger partial charge in [-0.25, -0.2) is 0 Å². The van der Waals surface area contributed by atoms with Gasteiger partial charge >= 0.3 is 0 Å².